The van der Waals surface area contributed by atoms with E-state index < -0.39 is 0 Å². The summed E-state index contributed by atoms with van der Waals surface area (Å²) in [6.07, 6.45) is 9.14. The molecule has 1 fully saturated rings. The van der Waals surface area contributed by atoms with Gasteiger partial charge in [-0.2, -0.15) is 4.98 Å². The zero-order chi connectivity index (χ0) is 26.5. The van der Waals surface area contributed by atoms with Gasteiger partial charge in [0.25, 0.3) is 0 Å². The number of aryl methyl sites for hydroxylation is 2. The van der Waals surface area contributed by atoms with Crippen LogP contribution in [0.25, 0.3) is 5.78 Å². The molecule has 3 aromatic heterocycles. The van der Waals surface area contributed by atoms with Gasteiger partial charge in [-0.25, -0.2) is 4.98 Å². The smallest absolute Gasteiger partial charge is 0.242 e. The fourth-order valence-electron chi connectivity index (χ4n) is 4.05. The van der Waals surface area contributed by atoms with Crippen LogP contribution in [-0.4, -0.2) is 58.5 Å². The Morgan fingerprint density at radius 3 is 2.47 bits per heavy atom. The van der Waals surface area contributed by atoms with Crippen molar-refractivity contribution in [2.75, 3.05) is 43.5 Å². The lowest BCUT2D eigenvalue weighted by Gasteiger charge is -2.31. The summed E-state index contributed by atoms with van der Waals surface area (Å²) in [6.45, 7) is 16.6. The molecule has 0 bridgehead atoms. The van der Waals surface area contributed by atoms with Crippen molar-refractivity contribution in [2.24, 2.45) is 0 Å². The summed E-state index contributed by atoms with van der Waals surface area (Å²) in [5.74, 6) is 0.879. The van der Waals surface area contributed by atoms with Gasteiger partial charge in [-0.15, -0.1) is 0 Å². The van der Waals surface area contributed by atoms with Gasteiger partial charge in [0.15, 0.2) is 0 Å². The fourth-order valence-corrected chi connectivity index (χ4v) is 4.05. The number of carbonyl (C=O) groups excluding carboxylic acids is 1. The third-order valence-corrected chi connectivity index (χ3v) is 5.68. The molecule has 0 radical (unpaired) electrons. The van der Waals surface area contributed by atoms with Crippen molar-refractivity contribution < 1.29 is 9.53 Å². The Morgan fingerprint density at radius 1 is 1.11 bits per heavy atom. The van der Waals surface area contributed by atoms with Crippen molar-refractivity contribution in [1.29, 1.82) is 0 Å². The molecule has 198 valence electrons. The van der Waals surface area contributed by atoms with Crippen LogP contribution in [0, 0.1) is 13.8 Å². The van der Waals surface area contributed by atoms with Gasteiger partial charge in [-0.1, -0.05) is 34.1 Å². The monoisotopic (exact) mass is 497 g/mol. The van der Waals surface area contributed by atoms with E-state index >= 15 is 0 Å². The Hall–Kier alpha value is -3.20. The van der Waals surface area contributed by atoms with Gasteiger partial charge in [0.1, 0.15) is 5.69 Å². The number of carbonyl (C=O) groups is 1. The number of nitrogens with one attached hydrogen (secondary N) is 2. The van der Waals surface area contributed by atoms with Crippen LogP contribution >= 0.6 is 0 Å². The molecule has 1 saturated heterocycles. The Labute approximate surface area is 215 Å². The fraction of sp³-hybridized carbons (Fsp3) is 0.556. The number of hydrogen-bond donors (Lipinski definition) is 2. The number of amides is 1. The highest BCUT2D eigenvalue weighted by Gasteiger charge is 2.15. The molecule has 1 aliphatic heterocycles. The molecule has 9 heteroatoms. The van der Waals surface area contributed by atoms with E-state index in [2.05, 4.69) is 50.4 Å². The summed E-state index contributed by atoms with van der Waals surface area (Å²) >= 11 is 0. The van der Waals surface area contributed by atoms with E-state index in [1.54, 1.807) is 10.6 Å². The predicted molar refractivity (Wildman–Crippen MR) is 147 cm³/mol. The number of aromatic nitrogens is 4. The molecule has 0 aromatic carbocycles. The van der Waals surface area contributed by atoms with E-state index in [4.69, 9.17) is 4.74 Å². The number of fused-ring (bicyclic) bond motifs is 1. The first-order chi connectivity index (χ1) is 17.5. The Morgan fingerprint density at radius 2 is 1.83 bits per heavy atom. The Balaban J connectivity index is 0.000000239. The van der Waals surface area contributed by atoms with Crippen LogP contribution in [0.1, 0.15) is 63.9 Å². The number of imidazole rings is 1. The van der Waals surface area contributed by atoms with Crippen molar-refractivity contribution in [3.63, 3.8) is 0 Å². The van der Waals surface area contributed by atoms with Gasteiger partial charge in [-0.3, -0.25) is 14.2 Å². The zero-order valence-electron chi connectivity index (χ0n) is 23.0. The number of nitrogens with zero attached hydrogens (tertiary/aromatic N) is 5. The minimum atomic E-state index is -0.0474. The van der Waals surface area contributed by atoms with Crippen molar-refractivity contribution >= 4 is 23.1 Å². The number of rotatable bonds is 7. The van der Waals surface area contributed by atoms with Gasteiger partial charge >= 0.3 is 0 Å². The SMILES string of the molecule is CC.CCCC(=O)Nc1cn2cc(C)nc2nc1OC.CCCc1c(N2CCNCC2)ccnc1C. The van der Waals surface area contributed by atoms with Gasteiger partial charge in [0.2, 0.25) is 17.6 Å². The van der Waals surface area contributed by atoms with E-state index in [0.29, 0.717) is 23.8 Å². The normalized spacial score (nSPS) is 12.8. The molecule has 2 N–H and O–H groups in total. The Kier molecular flexibility index (Phi) is 12.1. The third kappa shape index (κ3) is 7.91. The molecule has 0 saturated carbocycles. The van der Waals surface area contributed by atoms with Crippen LogP contribution in [0.2, 0.25) is 0 Å². The number of ether oxygens (including phenoxy) is 1. The molecule has 3 aromatic rings. The second kappa shape index (κ2) is 15.0. The number of piperazine rings is 1. The second-order valence-electron chi connectivity index (χ2n) is 8.43. The minimum absolute atomic E-state index is 0.0474. The average molecular weight is 498 g/mol. The van der Waals surface area contributed by atoms with Crippen LogP contribution < -0.4 is 20.3 Å². The van der Waals surface area contributed by atoms with E-state index in [9.17, 15) is 4.79 Å². The summed E-state index contributed by atoms with van der Waals surface area (Å²) in [5.41, 5.74) is 5.45. The molecule has 1 amide bonds. The van der Waals surface area contributed by atoms with Crippen molar-refractivity contribution in [3.8, 4) is 5.88 Å². The van der Waals surface area contributed by atoms with Crippen LogP contribution in [-0.2, 0) is 11.2 Å². The molecule has 0 spiro atoms. The summed E-state index contributed by atoms with van der Waals surface area (Å²) in [4.78, 5) is 27.0. The lowest BCUT2D eigenvalue weighted by atomic mass is 10.1. The van der Waals surface area contributed by atoms with Gasteiger partial charge in [0.05, 0.1) is 12.8 Å². The van der Waals surface area contributed by atoms with Crippen LogP contribution in [0.5, 0.6) is 5.88 Å². The lowest BCUT2D eigenvalue weighted by Crippen LogP contribution is -2.44. The van der Waals surface area contributed by atoms with Crippen LogP contribution in [0.15, 0.2) is 24.7 Å². The van der Waals surface area contributed by atoms with Crippen LogP contribution in [0.3, 0.4) is 0 Å². The molecule has 0 atom stereocenters. The molecule has 1 aliphatic rings. The maximum absolute atomic E-state index is 11.6. The highest BCUT2D eigenvalue weighted by atomic mass is 16.5. The number of anilines is 2. The summed E-state index contributed by atoms with van der Waals surface area (Å²) in [5, 5.41) is 6.18. The van der Waals surface area contributed by atoms with E-state index in [1.807, 2.05) is 40.1 Å². The third-order valence-electron chi connectivity index (χ3n) is 5.68. The highest BCUT2D eigenvalue weighted by Crippen LogP contribution is 2.24. The predicted octanol–water partition coefficient (Wildman–Crippen LogP) is 4.56. The maximum atomic E-state index is 11.6. The van der Waals surface area contributed by atoms with Crippen molar-refractivity contribution in [3.05, 3.63) is 41.6 Å². The highest BCUT2D eigenvalue weighted by molar-refractivity contribution is 5.91. The molecular weight excluding hydrogens is 454 g/mol. The minimum Gasteiger partial charge on any atom is -0.479 e. The first-order valence-electron chi connectivity index (χ1n) is 13.1. The molecular formula is C27H43N7O2. The quantitative estimate of drug-likeness (QED) is 0.494. The first-order valence-corrected chi connectivity index (χ1v) is 13.1. The molecule has 4 heterocycles. The standard InChI is InChI=1S/C13H21N3.C12H16N4O2.C2H6/c1-3-4-12-11(2)15-6-5-13(12)16-9-7-14-8-10-16;1-4-5-10(17)14-9-7-16-6-8(2)13-12(16)15-11(9)18-3;1-2/h5-6,14H,3-4,7-10H2,1-2H3;6-7H,4-5H2,1-3H3,(H,14,17);1-2H3. The van der Waals surface area contributed by atoms with E-state index in [1.165, 1.54) is 30.5 Å². The summed E-state index contributed by atoms with van der Waals surface area (Å²) in [7, 11) is 1.52. The molecule has 4 rings (SSSR count). The summed E-state index contributed by atoms with van der Waals surface area (Å²) < 4.78 is 6.93. The largest absolute Gasteiger partial charge is 0.479 e. The van der Waals surface area contributed by atoms with Gasteiger partial charge in [-0.05, 0) is 38.3 Å². The summed E-state index contributed by atoms with van der Waals surface area (Å²) in [6, 6.07) is 2.17. The molecule has 0 aliphatic carbocycles. The topological polar surface area (TPSA) is 96.7 Å². The van der Waals surface area contributed by atoms with Gasteiger partial charge < -0.3 is 20.3 Å². The van der Waals surface area contributed by atoms with Crippen LogP contribution in [0.4, 0.5) is 11.4 Å². The van der Waals surface area contributed by atoms with Crippen molar-refractivity contribution in [1.82, 2.24) is 24.7 Å². The molecule has 36 heavy (non-hydrogen) atoms. The average Bonchev–Trinajstić information content (AvgIpc) is 3.26. The number of methoxy groups -OCH3 is 1. The second-order valence-corrected chi connectivity index (χ2v) is 8.43. The number of hydrogen-bond acceptors (Lipinski definition) is 7. The maximum Gasteiger partial charge on any atom is 0.242 e. The molecule has 9 nitrogen and oxygen atoms in total. The Bertz CT molecular complexity index is 1090. The van der Waals surface area contributed by atoms with Crippen molar-refractivity contribution in [2.45, 2.75) is 67.2 Å². The lowest BCUT2D eigenvalue weighted by molar-refractivity contribution is -0.116. The number of pyridine rings is 1. The first kappa shape index (κ1) is 29.0. The van der Waals surface area contributed by atoms with E-state index in [-0.39, 0.29) is 5.91 Å². The van der Waals surface area contributed by atoms with Gasteiger partial charge in [0, 0.05) is 62.6 Å². The molecule has 0 unspecified atom stereocenters. The van der Waals surface area contributed by atoms with E-state index in [0.717, 1.165) is 44.7 Å². The zero-order valence-corrected chi connectivity index (χ0v) is 23.0.